The number of aromatic amines is 3. The van der Waals surface area contributed by atoms with Crippen LogP contribution >= 0.6 is 0 Å². The molecule has 10 nitrogen and oxygen atoms in total. The van der Waals surface area contributed by atoms with E-state index in [2.05, 4.69) is 105 Å². The van der Waals surface area contributed by atoms with Crippen molar-refractivity contribution in [3.63, 3.8) is 0 Å². The molecule has 0 unspecified atom stereocenters. The van der Waals surface area contributed by atoms with Crippen molar-refractivity contribution in [1.82, 2.24) is 20.3 Å². The number of nitrogens with one attached hydrogen (secondary N) is 4. The van der Waals surface area contributed by atoms with Gasteiger partial charge in [-0.2, -0.15) is 0 Å². The van der Waals surface area contributed by atoms with Crippen LogP contribution < -0.4 is 16.0 Å². The summed E-state index contributed by atoms with van der Waals surface area (Å²) < 4.78 is 0. The Morgan fingerprint density at radius 1 is 0.688 bits per heavy atom. The predicted molar refractivity (Wildman–Crippen MR) is 259 cm³/mol. The second kappa shape index (κ2) is 22.8. The normalized spacial score (nSPS) is 17.8. The Kier molecular flexibility index (Phi) is 17.6. The maximum atomic E-state index is 12.9. The minimum Gasteiger partial charge on any atom is -0.481 e. The van der Waals surface area contributed by atoms with E-state index in [1.165, 1.54) is 22.3 Å². The van der Waals surface area contributed by atoms with Crippen molar-refractivity contribution in [3.05, 3.63) is 130 Å². The number of carboxylic acids is 2. The van der Waals surface area contributed by atoms with Crippen LogP contribution in [-0.2, 0) is 33.6 Å². The number of rotatable bonds is 21. The molecule has 3 aromatic rings. The highest BCUT2D eigenvalue weighted by Crippen LogP contribution is 2.35. The van der Waals surface area contributed by atoms with Gasteiger partial charge in [0.25, 0.3) is 0 Å². The first kappa shape index (κ1) is 49.4. The summed E-state index contributed by atoms with van der Waals surface area (Å²) in [5.74, 6) is -1.87. The number of aliphatic carboxylic acids is 2. The van der Waals surface area contributed by atoms with Crippen LogP contribution in [-0.4, -0.2) is 54.5 Å². The Labute approximate surface area is 379 Å². The van der Waals surface area contributed by atoms with Gasteiger partial charge in [-0.3, -0.25) is 14.4 Å². The van der Waals surface area contributed by atoms with Gasteiger partial charge in [0.15, 0.2) is 0 Å². The van der Waals surface area contributed by atoms with E-state index in [4.69, 9.17) is 0 Å². The number of hydrogen-bond acceptors (Lipinski definition) is 5. The number of aromatic nitrogens is 3. The smallest absolute Gasteiger partial charge is 0.303 e. The number of carbonyl (C=O) groups is 3. The first-order chi connectivity index (χ1) is 30.5. The maximum absolute atomic E-state index is 12.9. The minimum absolute atomic E-state index is 0.0572. The van der Waals surface area contributed by atoms with Crippen molar-refractivity contribution in [2.24, 2.45) is 0 Å². The van der Waals surface area contributed by atoms with E-state index in [-0.39, 0.29) is 19.3 Å². The summed E-state index contributed by atoms with van der Waals surface area (Å²) in [5.41, 5.74) is 16.3. The standard InChI is InChI=1S/C54H72N4O6/c1-10-39-36(7)44-29-50-54(51(60)22-14-21-35(6)20-13-19-34(5)18-12-17-33(4)16-11-15-32(2)3)38(9)45(57-50)28-49-42(31-59)41(24-26-53(63)64)48(58-49)30-47-40(23-25-52(61)62)37(8)43(56-47)27-46(39)55-44/h15,17,19,21,27,29-31,49,51,55-58,60H,10-14,16,18,20,22-26,28H2,1-9H3,(H,61,62)(H,63,64)/b33-17+,34-19+,35-21+,44-29-,46-27-,48-30-/t49-,51-/m0/s1. The molecule has 0 radical (unpaired) electrons. The molecule has 0 spiro atoms. The Hall–Kier alpha value is -5.61. The zero-order chi connectivity index (χ0) is 46.7. The van der Waals surface area contributed by atoms with E-state index < -0.39 is 24.1 Å². The quantitative estimate of drug-likeness (QED) is 0.0413. The molecule has 0 saturated carbocycles. The van der Waals surface area contributed by atoms with E-state index in [1.54, 1.807) is 0 Å². The monoisotopic (exact) mass is 873 g/mol. The van der Waals surface area contributed by atoms with Gasteiger partial charge >= 0.3 is 11.9 Å². The van der Waals surface area contributed by atoms with E-state index >= 15 is 0 Å². The molecule has 10 heteroatoms. The lowest BCUT2D eigenvalue weighted by atomic mass is 9.95. The maximum Gasteiger partial charge on any atom is 0.303 e. The van der Waals surface area contributed by atoms with Crippen LogP contribution in [0.4, 0.5) is 0 Å². The second-order valence-electron chi connectivity index (χ2n) is 18.3. The molecule has 0 saturated heterocycles. The average Bonchev–Trinajstić information content (AvgIpc) is 3.91. The number of aliphatic hydroxyl groups excluding tert-OH is 1. The molecular formula is C54H72N4O6. The number of carboxylic acid groups (broad SMARTS) is 2. The molecule has 0 aromatic carbocycles. The number of hydrogen-bond donors (Lipinski definition) is 7. The molecule has 3 aromatic heterocycles. The zero-order valence-corrected chi connectivity index (χ0v) is 39.7. The Morgan fingerprint density at radius 3 is 1.88 bits per heavy atom. The highest BCUT2D eigenvalue weighted by Gasteiger charge is 2.32. The summed E-state index contributed by atoms with van der Waals surface area (Å²) in [5, 5.41) is 36.7. The lowest BCUT2D eigenvalue weighted by Gasteiger charge is -2.15. The van der Waals surface area contributed by atoms with Crippen LogP contribution in [0.2, 0.25) is 0 Å². The van der Waals surface area contributed by atoms with E-state index in [0.717, 1.165) is 119 Å². The summed E-state index contributed by atoms with van der Waals surface area (Å²) >= 11 is 0. The first-order valence-electron chi connectivity index (χ1n) is 23.2. The van der Waals surface area contributed by atoms with Crippen molar-refractivity contribution in [2.45, 2.75) is 164 Å². The largest absolute Gasteiger partial charge is 0.481 e. The number of H-pyrrole nitrogens is 3. The van der Waals surface area contributed by atoms with Gasteiger partial charge in [-0.15, -0.1) is 0 Å². The molecule has 8 bridgehead atoms. The highest BCUT2D eigenvalue weighted by atomic mass is 16.4. The fraction of sp³-hybridized carbons (Fsp3) is 0.463. The van der Waals surface area contributed by atoms with Gasteiger partial charge in [0.05, 0.1) is 12.1 Å². The van der Waals surface area contributed by atoms with E-state index in [1.807, 2.05) is 19.9 Å². The van der Waals surface area contributed by atoms with Crippen LogP contribution in [0.3, 0.4) is 0 Å². The van der Waals surface area contributed by atoms with Crippen LogP contribution in [0.25, 0.3) is 18.2 Å². The molecule has 2 atom stereocenters. The molecule has 7 N–H and O–H groups in total. The summed E-state index contributed by atoms with van der Waals surface area (Å²) in [6.07, 6.45) is 24.4. The lowest BCUT2D eigenvalue weighted by Crippen LogP contribution is -2.27. The predicted octanol–water partition coefficient (Wildman–Crippen LogP) is 10.0. The SMILES string of the molecule is CCc1c(C)/c2[nH]/c1=C\c1[nH]c(c(CCC(=O)O)c1C)/C=C1\N[C@@H](Cc3[nH]c(c([C@@H](O)CC/C=C(\C)CC/C=C(\C)CC/C=C(\C)CCC=C(C)C)c3C)\C=2)C(C=O)=C1CCC(=O)O. The Balaban J connectivity index is 1.47. The molecule has 2 aliphatic rings. The third-order valence-corrected chi connectivity index (χ3v) is 13.1. The van der Waals surface area contributed by atoms with Crippen LogP contribution in [0.15, 0.2) is 63.4 Å². The van der Waals surface area contributed by atoms with Gasteiger partial charge in [-0.05, 0) is 178 Å². The van der Waals surface area contributed by atoms with Crippen molar-refractivity contribution in [2.75, 3.05) is 0 Å². The molecule has 0 aliphatic carbocycles. The van der Waals surface area contributed by atoms with Crippen molar-refractivity contribution >= 4 is 36.5 Å². The molecule has 5 rings (SSSR count). The van der Waals surface area contributed by atoms with E-state index in [0.29, 0.717) is 41.8 Å². The number of fused-ring (bicyclic) bond motifs is 8. The van der Waals surface area contributed by atoms with Gasteiger partial charge in [0.1, 0.15) is 6.29 Å². The van der Waals surface area contributed by atoms with Gasteiger partial charge in [0, 0.05) is 69.6 Å². The van der Waals surface area contributed by atoms with Crippen molar-refractivity contribution < 1.29 is 29.7 Å². The van der Waals surface area contributed by atoms with E-state index in [9.17, 15) is 29.7 Å². The van der Waals surface area contributed by atoms with Crippen LogP contribution in [0.1, 0.15) is 174 Å². The van der Waals surface area contributed by atoms with Gasteiger partial charge in [-0.25, -0.2) is 0 Å². The number of aldehydes is 1. The zero-order valence-electron chi connectivity index (χ0n) is 39.7. The Morgan fingerprint density at radius 2 is 1.28 bits per heavy atom. The fourth-order valence-electron chi connectivity index (χ4n) is 9.27. The van der Waals surface area contributed by atoms with Crippen LogP contribution in [0, 0.1) is 20.8 Å². The third kappa shape index (κ3) is 12.8. The number of aliphatic hydroxyl groups is 1. The Bertz CT molecular complexity index is 2520. The minimum atomic E-state index is -0.965. The van der Waals surface area contributed by atoms with Gasteiger partial charge in [-0.1, -0.05) is 53.5 Å². The second-order valence-corrected chi connectivity index (χ2v) is 18.3. The molecule has 0 amide bonds. The fourth-order valence-corrected chi connectivity index (χ4v) is 9.27. The number of carbonyl (C=O) groups excluding carboxylic acids is 1. The van der Waals surface area contributed by atoms with Crippen molar-refractivity contribution in [3.8, 4) is 0 Å². The lowest BCUT2D eigenvalue weighted by molar-refractivity contribution is -0.138. The highest BCUT2D eigenvalue weighted by molar-refractivity contribution is 5.83. The van der Waals surface area contributed by atoms with Crippen LogP contribution in [0.5, 0.6) is 0 Å². The first-order valence-corrected chi connectivity index (χ1v) is 23.2. The summed E-state index contributed by atoms with van der Waals surface area (Å²) in [7, 11) is 0. The molecule has 0 fully saturated rings. The van der Waals surface area contributed by atoms with Gasteiger partial charge < -0.3 is 35.6 Å². The van der Waals surface area contributed by atoms with Crippen molar-refractivity contribution in [1.29, 1.82) is 0 Å². The summed E-state index contributed by atoms with van der Waals surface area (Å²) in [6, 6.07) is -0.466. The molecule has 64 heavy (non-hydrogen) atoms. The number of allylic oxidation sites excluding steroid dienone is 9. The third-order valence-electron chi connectivity index (χ3n) is 13.1. The van der Waals surface area contributed by atoms with Gasteiger partial charge in [0.2, 0.25) is 0 Å². The topological polar surface area (TPSA) is 171 Å². The summed E-state index contributed by atoms with van der Waals surface area (Å²) in [6.45, 7) is 19.2. The summed E-state index contributed by atoms with van der Waals surface area (Å²) in [4.78, 5) is 47.4. The molecule has 2 aliphatic heterocycles. The molecule has 5 heterocycles. The average molecular weight is 873 g/mol. The molecule has 344 valence electrons. The molecular weight excluding hydrogens is 801 g/mol.